The molecule has 1 aliphatic rings. The Morgan fingerprint density at radius 2 is 1.90 bits per heavy atom. The first-order chi connectivity index (χ1) is 10.1. The summed E-state index contributed by atoms with van der Waals surface area (Å²) in [6.07, 6.45) is 2.23. The van der Waals surface area contributed by atoms with Gasteiger partial charge in [-0.25, -0.2) is 4.39 Å². The SMILES string of the molecule is Cc1cc2c(c(C)c1N)CCCN2Cc1ccc(F)cc1. The number of nitrogens with two attached hydrogens (primary N) is 1. The summed E-state index contributed by atoms with van der Waals surface area (Å²) in [5, 5.41) is 0. The second-order valence-corrected chi connectivity index (χ2v) is 5.88. The van der Waals surface area contributed by atoms with Crippen LogP contribution >= 0.6 is 0 Å². The highest BCUT2D eigenvalue weighted by molar-refractivity contribution is 5.69. The van der Waals surface area contributed by atoms with E-state index in [9.17, 15) is 4.39 Å². The molecule has 0 aliphatic carbocycles. The van der Waals surface area contributed by atoms with E-state index in [-0.39, 0.29) is 5.82 Å². The quantitative estimate of drug-likeness (QED) is 0.845. The van der Waals surface area contributed by atoms with Crippen LogP contribution in [0.3, 0.4) is 0 Å². The predicted molar refractivity (Wildman–Crippen MR) is 86.1 cm³/mol. The van der Waals surface area contributed by atoms with Gasteiger partial charge in [0.25, 0.3) is 0 Å². The van der Waals surface area contributed by atoms with E-state index in [0.29, 0.717) is 0 Å². The van der Waals surface area contributed by atoms with E-state index >= 15 is 0 Å². The van der Waals surface area contributed by atoms with E-state index in [1.807, 2.05) is 12.1 Å². The Morgan fingerprint density at radius 1 is 1.19 bits per heavy atom. The van der Waals surface area contributed by atoms with Crippen LogP contribution in [-0.2, 0) is 13.0 Å². The molecule has 0 bridgehead atoms. The fourth-order valence-corrected chi connectivity index (χ4v) is 3.16. The lowest BCUT2D eigenvalue weighted by atomic mass is 9.93. The normalized spacial score (nSPS) is 14.1. The van der Waals surface area contributed by atoms with Crippen LogP contribution in [0.5, 0.6) is 0 Å². The zero-order valence-electron chi connectivity index (χ0n) is 12.6. The van der Waals surface area contributed by atoms with E-state index in [1.165, 1.54) is 28.9 Å². The second-order valence-electron chi connectivity index (χ2n) is 5.88. The van der Waals surface area contributed by atoms with E-state index in [4.69, 9.17) is 5.73 Å². The molecule has 3 heteroatoms. The van der Waals surface area contributed by atoms with Crippen molar-refractivity contribution in [3.8, 4) is 0 Å². The highest BCUT2D eigenvalue weighted by Crippen LogP contribution is 2.35. The number of fused-ring (bicyclic) bond motifs is 1. The zero-order valence-corrected chi connectivity index (χ0v) is 12.6. The number of anilines is 2. The Balaban J connectivity index is 1.95. The molecule has 0 saturated heterocycles. The van der Waals surface area contributed by atoms with Gasteiger partial charge in [-0.15, -0.1) is 0 Å². The molecule has 110 valence electrons. The van der Waals surface area contributed by atoms with Gasteiger partial charge in [0.2, 0.25) is 0 Å². The van der Waals surface area contributed by atoms with Gasteiger partial charge in [0, 0.05) is 24.5 Å². The maximum atomic E-state index is 13.0. The molecular formula is C18H21FN2. The highest BCUT2D eigenvalue weighted by atomic mass is 19.1. The van der Waals surface area contributed by atoms with Crippen molar-refractivity contribution in [2.45, 2.75) is 33.2 Å². The fraction of sp³-hybridized carbons (Fsp3) is 0.333. The number of rotatable bonds is 2. The molecule has 0 unspecified atom stereocenters. The fourth-order valence-electron chi connectivity index (χ4n) is 3.16. The van der Waals surface area contributed by atoms with Gasteiger partial charge >= 0.3 is 0 Å². The topological polar surface area (TPSA) is 29.3 Å². The predicted octanol–water partition coefficient (Wildman–Crippen LogP) is 3.98. The summed E-state index contributed by atoms with van der Waals surface area (Å²) >= 11 is 0. The number of hydrogen-bond donors (Lipinski definition) is 1. The Morgan fingerprint density at radius 3 is 2.62 bits per heavy atom. The van der Waals surface area contributed by atoms with Crippen molar-refractivity contribution in [3.63, 3.8) is 0 Å². The number of halogens is 1. The summed E-state index contributed by atoms with van der Waals surface area (Å²) in [5.41, 5.74) is 13.2. The number of nitrogen functional groups attached to an aromatic ring is 1. The number of hydrogen-bond acceptors (Lipinski definition) is 2. The first-order valence-corrected chi connectivity index (χ1v) is 7.44. The monoisotopic (exact) mass is 284 g/mol. The minimum Gasteiger partial charge on any atom is -0.398 e. The molecule has 2 N–H and O–H groups in total. The van der Waals surface area contributed by atoms with Crippen molar-refractivity contribution in [1.82, 2.24) is 0 Å². The minimum absolute atomic E-state index is 0.183. The first kappa shape index (κ1) is 13.9. The molecule has 0 spiro atoms. The van der Waals surface area contributed by atoms with Gasteiger partial charge in [0.15, 0.2) is 0 Å². The molecule has 0 fully saturated rings. The first-order valence-electron chi connectivity index (χ1n) is 7.44. The van der Waals surface area contributed by atoms with E-state index in [1.54, 1.807) is 0 Å². The molecule has 2 aromatic rings. The van der Waals surface area contributed by atoms with Crippen molar-refractivity contribution in [1.29, 1.82) is 0 Å². The Kier molecular flexibility index (Phi) is 3.58. The molecule has 1 aliphatic heterocycles. The van der Waals surface area contributed by atoms with Crippen LogP contribution in [0.15, 0.2) is 30.3 Å². The van der Waals surface area contributed by atoms with Crippen LogP contribution in [0.2, 0.25) is 0 Å². The van der Waals surface area contributed by atoms with Crippen LogP contribution in [0.4, 0.5) is 15.8 Å². The van der Waals surface area contributed by atoms with Crippen LogP contribution < -0.4 is 10.6 Å². The molecule has 0 atom stereocenters. The smallest absolute Gasteiger partial charge is 0.123 e. The molecular weight excluding hydrogens is 263 g/mol. The number of aryl methyl sites for hydroxylation is 1. The second kappa shape index (κ2) is 5.40. The van der Waals surface area contributed by atoms with Crippen LogP contribution in [-0.4, -0.2) is 6.54 Å². The van der Waals surface area contributed by atoms with Gasteiger partial charge in [-0.2, -0.15) is 0 Å². The van der Waals surface area contributed by atoms with Crippen LogP contribution in [0, 0.1) is 19.7 Å². The standard InChI is InChI=1S/C18H21FN2/c1-12-10-17-16(13(2)18(12)20)4-3-9-21(17)11-14-5-7-15(19)8-6-14/h5-8,10H,3-4,9,11,20H2,1-2H3. The molecule has 2 nitrogen and oxygen atoms in total. The molecule has 2 aromatic carbocycles. The summed E-state index contributed by atoms with van der Waals surface area (Å²) in [5.74, 6) is -0.183. The largest absolute Gasteiger partial charge is 0.398 e. The lowest BCUT2D eigenvalue weighted by molar-refractivity contribution is 0.626. The summed E-state index contributed by atoms with van der Waals surface area (Å²) in [4.78, 5) is 2.38. The van der Waals surface area contributed by atoms with Crippen molar-refractivity contribution in [2.24, 2.45) is 0 Å². The van der Waals surface area contributed by atoms with Crippen molar-refractivity contribution >= 4 is 11.4 Å². The maximum Gasteiger partial charge on any atom is 0.123 e. The average molecular weight is 284 g/mol. The third-order valence-electron chi connectivity index (χ3n) is 4.43. The van der Waals surface area contributed by atoms with Gasteiger partial charge in [-0.3, -0.25) is 0 Å². The van der Waals surface area contributed by atoms with Gasteiger partial charge in [-0.1, -0.05) is 12.1 Å². The van der Waals surface area contributed by atoms with E-state index < -0.39 is 0 Å². The van der Waals surface area contributed by atoms with Crippen LogP contribution in [0.25, 0.3) is 0 Å². The molecule has 0 radical (unpaired) electrons. The maximum absolute atomic E-state index is 13.0. The third kappa shape index (κ3) is 2.60. The lowest BCUT2D eigenvalue weighted by Crippen LogP contribution is -2.29. The summed E-state index contributed by atoms with van der Waals surface area (Å²) in [6, 6.07) is 8.97. The highest BCUT2D eigenvalue weighted by Gasteiger charge is 2.20. The molecule has 1 heterocycles. The third-order valence-corrected chi connectivity index (χ3v) is 4.43. The minimum atomic E-state index is -0.183. The molecule has 3 rings (SSSR count). The van der Waals surface area contributed by atoms with Crippen LogP contribution in [0.1, 0.15) is 28.7 Å². The average Bonchev–Trinajstić information content (AvgIpc) is 2.48. The summed E-state index contributed by atoms with van der Waals surface area (Å²) in [6.45, 7) is 6.03. The van der Waals surface area contributed by atoms with Gasteiger partial charge in [0.1, 0.15) is 5.82 Å². The lowest BCUT2D eigenvalue weighted by Gasteiger charge is -2.33. The molecule has 0 aromatic heterocycles. The van der Waals surface area contributed by atoms with Gasteiger partial charge in [0.05, 0.1) is 0 Å². The van der Waals surface area contributed by atoms with E-state index in [2.05, 4.69) is 24.8 Å². The van der Waals surface area contributed by atoms with E-state index in [0.717, 1.165) is 42.7 Å². The Hall–Kier alpha value is -2.03. The molecule has 21 heavy (non-hydrogen) atoms. The molecule has 0 saturated carbocycles. The van der Waals surface area contributed by atoms with Crippen molar-refractivity contribution < 1.29 is 4.39 Å². The number of benzene rings is 2. The Bertz CT molecular complexity index is 662. The number of nitrogens with zero attached hydrogens (tertiary/aromatic N) is 1. The zero-order chi connectivity index (χ0) is 15.0. The summed E-state index contributed by atoms with van der Waals surface area (Å²) in [7, 11) is 0. The van der Waals surface area contributed by atoms with Crippen molar-refractivity contribution in [3.05, 3.63) is 58.4 Å². The molecule has 0 amide bonds. The van der Waals surface area contributed by atoms with Gasteiger partial charge in [-0.05, 0) is 67.1 Å². The van der Waals surface area contributed by atoms with Crippen molar-refractivity contribution in [2.75, 3.05) is 17.2 Å². The summed E-state index contributed by atoms with van der Waals surface area (Å²) < 4.78 is 13.0. The van der Waals surface area contributed by atoms with Gasteiger partial charge < -0.3 is 10.6 Å². The Labute approximate surface area is 125 Å².